The lowest BCUT2D eigenvalue weighted by atomic mass is 10.1. The Morgan fingerprint density at radius 2 is 2.10 bits per heavy atom. The molecule has 106 valence electrons. The van der Waals surface area contributed by atoms with Crippen molar-refractivity contribution >= 4 is 17.8 Å². The summed E-state index contributed by atoms with van der Waals surface area (Å²) in [7, 11) is 1.19. The number of carbonyl (C=O) groups excluding carboxylic acids is 3. The molecule has 0 spiro atoms. The molecular weight excluding hydrogens is 276 g/mol. The molecule has 0 bridgehead atoms. The van der Waals surface area contributed by atoms with Crippen molar-refractivity contribution in [3.63, 3.8) is 0 Å². The molecule has 1 aliphatic heterocycles. The van der Waals surface area contributed by atoms with Crippen LogP contribution in [0.3, 0.4) is 0 Å². The minimum Gasteiger partial charge on any atom is -0.464 e. The zero-order valence-corrected chi connectivity index (χ0v) is 11.0. The number of carbonyl (C=O) groups is 3. The lowest BCUT2D eigenvalue weighted by Crippen LogP contribution is -2.31. The molecule has 2 aromatic rings. The van der Waals surface area contributed by atoms with Crippen LogP contribution in [0.2, 0.25) is 0 Å². The summed E-state index contributed by atoms with van der Waals surface area (Å²) in [5.41, 5.74) is 1.12. The van der Waals surface area contributed by atoms with Crippen LogP contribution in [0.5, 0.6) is 0 Å². The fourth-order valence-electron chi connectivity index (χ4n) is 2.10. The quantitative estimate of drug-likeness (QED) is 0.609. The molecule has 1 aliphatic rings. The summed E-state index contributed by atoms with van der Waals surface area (Å²) in [6.45, 7) is 0.157. The van der Waals surface area contributed by atoms with Crippen molar-refractivity contribution < 1.29 is 23.5 Å². The van der Waals surface area contributed by atoms with Gasteiger partial charge in [0.25, 0.3) is 11.8 Å². The largest absolute Gasteiger partial charge is 0.464 e. The predicted molar refractivity (Wildman–Crippen MR) is 68.5 cm³/mol. The fraction of sp³-hybridized carbons (Fsp3) is 0.143. The van der Waals surface area contributed by atoms with Gasteiger partial charge in [0.2, 0.25) is 0 Å². The molecule has 21 heavy (non-hydrogen) atoms. The summed E-state index contributed by atoms with van der Waals surface area (Å²) in [4.78, 5) is 40.4. The van der Waals surface area contributed by atoms with Gasteiger partial charge in [0.1, 0.15) is 6.26 Å². The second kappa shape index (κ2) is 4.86. The second-order valence-electron chi connectivity index (χ2n) is 4.38. The molecule has 0 radical (unpaired) electrons. The zero-order valence-electron chi connectivity index (χ0n) is 11.0. The number of methoxy groups -OCH3 is 1. The number of nitrogens with zero attached hydrogens (tertiary/aromatic N) is 2. The Labute approximate surface area is 119 Å². The molecule has 0 fully saturated rings. The van der Waals surface area contributed by atoms with E-state index in [0.717, 1.165) is 16.7 Å². The monoisotopic (exact) mass is 286 g/mol. The van der Waals surface area contributed by atoms with Gasteiger partial charge in [-0.3, -0.25) is 14.5 Å². The molecule has 2 heterocycles. The van der Waals surface area contributed by atoms with Gasteiger partial charge in [0.05, 0.1) is 13.7 Å². The standard InChI is InChI=1S/C14H10N2O5/c1-20-14(19)10-7-21-11(15-10)13(18)16-6-8-4-2-3-5-9(8)12(16)17/h2-5,7H,6H2,1H3. The zero-order chi connectivity index (χ0) is 15.0. The van der Waals surface area contributed by atoms with Crippen molar-refractivity contribution in [1.82, 2.24) is 9.88 Å². The van der Waals surface area contributed by atoms with Crippen molar-refractivity contribution in [2.24, 2.45) is 0 Å². The maximum absolute atomic E-state index is 12.2. The first kappa shape index (κ1) is 13.0. The highest BCUT2D eigenvalue weighted by Crippen LogP contribution is 2.23. The van der Waals surface area contributed by atoms with E-state index in [0.29, 0.717) is 5.56 Å². The Morgan fingerprint density at radius 1 is 1.33 bits per heavy atom. The molecule has 1 aromatic carbocycles. The lowest BCUT2D eigenvalue weighted by molar-refractivity contribution is 0.0591. The van der Waals surface area contributed by atoms with Crippen molar-refractivity contribution in [3.05, 3.63) is 53.2 Å². The van der Waals surface area contributed by atoms with Gasteiger partial charge in [-0.2, -0.15) is 4.98 Å². The maximum Gasteiger partial charge on any atom is 0.360 e. The van der Waals surface area contributed by atoms with Gasteiger partial charge in [-0.25, -0.2) is 4.79 Å². The first-order valence-electron chi connectivity index (χ1n) is 6.09. The Bertz CT molecular complexity index is 749. The molecule has 0 saturated carbocycles. The second-order valence-corrected chi connectivity index (χ2v) is 4.38. The van der Waals surface area contributed by atoms with Gasteiger partial charge >= 0.3 is 11.9 Å². The highest BCUT2D eigenvalue weighted by molar-refractivity contribution is 6.11. The van der Waals surface area contributed by atoms with Gasteiger partial charge < -0.3 is 9.15 Å². The third-order valence-corrected chi connectivity index (χ3v) is 3.15. The summed E-state index contributed by atoms with van der Waals surface area (Å²) in [6, 6.07) is 6.95. The summed E-state index contributed by atoms with van der Waals surface area (Å²) in [5.74, 6) is -2.13. The average Bonchev–Trinajstić information content (AvgIpc) is 3.12. The smallest absolute Gasteiger partial charge is 0.360 e. The third kappa shape index (κ3) is 2.08. The minimum atomic E-state index is -0.714. The van der Waals surface area contributed by atoms with Crippen molar-refractivity contribution in [1.29, 1.82) is 0 Å². The number of amides is 2. The summed E-state index contributed by atoms with van der Waals surface area (Å²) in [5, 5.41) is 0. The third-order valence-electron chi connectivity index (χ3n) is 3.15. The van der Waals surface area contributed by atoms with Crippen LogP contribution in [-0.2, 0) is 11.3 Å². The molecule has 0 aliphatic carbocycles. The Hall–Kier alpha value is -2.96. The van der Waals surface area contributed by atoms with E-state index in [4.69, 9.17) is 4.42 Å². The van der Waals surface area contributed by atoms with Crippen LogP contribution in [0, 0.1) is 0 Å². The van der Waals surface area contributed by atoms with Crippen LogP contribution in [0.4, 0.5) is 0 Å². The number of benzene rings is 1. The number of aromatic nitrogens is 1. The number of oxazole rings is 1. The van der Waals surface area contributed by atoms with Gasteiger partial charge in [0, 0.05) is 5.56 Å². The van der Waals surface area contributed by atoms with Crippen molar-refractivity contribution in [2.45, 2.75) is 6.54 Å². The van der Waals surface area contributed by atoms with E-state index < -0.39 is 17.8 Å². The van der Waals surface area contributed by atoms with Crippen molar-refractivity contribution in [3.8, 4) is 0 Å². The summed E-state index contributed by atoms with van der Waals surface area (Å²) < 4.78 is 9.43. The molecule has 7 heteroatoms. The molecule has 1 aromatic heterocycles. The maximum atomic E-state index is 12.2. The highest BCUT2D eigenvalue weighted by atomic mass is 16.5. The van der Waals surface area contributed by atoms with Crippen LogP contribution >= 0.6 is 0 Å². The topological polar surface area (TPSA) is 89.7 Å². The molecule has 7 nitrogen and oxygen atoms in total. The van der Waals surface area contributed by atoms with Gasteiger partial charge in [-0.1, -0.05) is 18.2 Å². The number of hydrogen-bond donors (Lipinski definition) is 0. The van der Waals surface area contributed by atoms with E-state index in [1.54, 1.807) is 24.3 Å². The molecular formula is C14H10N2O5. The number of hydrogen-bond acceptors (Lipinski definition) is 6. The van der Waals surface area contributed by atoms with Crippen molar-refractivity contribution in [2.75, 3.05) is 7.11 Å². The van der Waals surface area contributed by atoms with Crippen LogP contribution in [-0.4, -0.2) is 34.8 Å². The lowest BCUT2D eigenvalue weighted by Gasteiger charge is -2.10. The van der Waals surface area contributed by atoms with Gasteiger partial charge in [0.15, 0.2) is 5.69 Å². The van der Waals surface area contributed by atoms with E-state index >= 15 is 0 Å². The predicted octanol–water partition coefficient (Wildman–Crippen LogP) is 1.26. The molecule has 0 atom stereocenters. The van der Waals surface area contributed by atoms with E-state index in [-0.39, 0.29) is 18.1 Å². The number of rotatable bonds is 2. The number of fused-ring (bicyclic) bond motifs is 1. The first-order chi connectivity index (χ1) is 10.1. The average molecular weight is 286 g/mol. The van der Waals surface area contributed by atoms with E-state index in [2.05, 4.69) is 9.72 Å². The number of esters is 1. The van der Waals surface area contributed by atoms with Crippen LogP contribution in [0.15, 0.2) is 34.9 Å². The van der Waals surface area contributed by atoms with Crippen LogP contribution < -0.4 is 0 Å². The van der Waals surface area contributed by atoms with E-state index in [1.165, 1.54) is 7.11 Å². The summed E-state index contributed by atoms with van der Waals surface area (Å²) in [6.07, 6.45) is 1.02. The normalized spacial score (nSPS) is 13.2. The molecule has 3 rings (SSSR count). The Morgan fingerprint density at radius 3 is 2.81 bits per heavy atom. The fourth-order valence-corrected chi connectivity index (χ4v) is 2.10. The Kier molecular flexibility index (Phi) is 3.02. The number of imide groups is 1. The van der Waals surface area contributed by atoms with E-state index in [1.807, 2.05) is 0 Å². The summed E-state index contributed by atoms with van der Waals surface area (Å²) >= 11 is 0. The molecule has 0 saturated heterocycles. The highest BCUT2D eigenvalue weighted by Gasteiger charge is 2.34. The molecule has 0 N–H and O–H groups in total. The van der Waals surface area contributed by atoms with E-state index in [9.17, 15) is 14.4 Å². The minimum absolute atomic E-state index is 0.120. The Balaban J connectivity index is 1.86. The molecule has 2 amide bonds. The first-order valence-corrected chi connectivity index (χ1v) is 6.09. The SMILES string of the molecule is COC(=O)c1coc(C(=O)N2Cc3ccccc3C2=O)n1. The molecule has 0 unspecified atom stereocenters. The van der Waals surface area contributed by atoms with Gasteiger partial charge in [-0.15, -0.1) is 0 Å². The van der Waals surface area contributed by atoms with Gasteiger partial charge in [-0.05, 0) is 11.6 Å². The van der Waals surface area contributed by atoms with Crippen LogP contribution in [0.1, 0.15) is 37.1 Å². The number of ether oxygens (including phenoxy) is 1. The van der Waals surface area contributed by atoms with Crippen LogP contribution in [0.25, 0.3) is 0 Å².